The van der Waals surface area contributed by atoms with Crippen LogP contribution in [0.15, 0.2) is 47.4 Å². The molecule has 0 saturated carbocycles. The van der Waals surface area contributed by atoms with Gasteiger partial charge in [-0.3, -0.25) is 9.78 Å². The number of hydrogen-bond acceptors (Lipinski definition) is 3. The zero-order valence-corrected chi connectivity index (χ0v) is 9.94. The molecule has 0 radical (unpaired) electrons. The second kappa shape index (κ2) is 5.45. The third-order valence-electron chi connectivity index (χ3n) is 2.24. The number of para-hydroxylation sites is 1. The lowest BCUT2D eigenvalue weighted by Gasteiger charge is -2.08. The minimum atomic E-state index is -0.185. The first kappa shape index (κ1) is 11.6. The minimum Gasteiger partial charge on any atom is -0.492 e. The van der Waals surface area contributed by atoms with Gasteiger partial charge in [0.05, 0.1) is 6.54 Å². The third-order valence-corrected chi connectivity index (χ3v) is 2.58. The Bertz CT molecular complexity index is 589. The molecule has 0 aliphatic heterocycles. The Hall–Kier alpha value is -1.88. The van der Waals surface area contributed by atoms with Crippen molar-refractivity contribution in [3.63, 3.8) is 0 Å². The van der Waals surface area contributed by atoms with E-state index in [9.17, 15) is 4.79 Å². The molecule has 0 saturated heterocycles. The monoisotopic (exact) mass is 248 g/mol. The van der Waals surface area contributed by atoms with E-state index in [1.54, 1.807) is 10.8 Å². The molecule has 0 aliphatic carbocycles. The van der Waals surface area contributed by atoms with Crippen LogP contribution >= 0.6 is 12.2 Å². The number of nitrogens with zero attached hydrogens (tertiary/aromatic N) is 1. The van der Waals surface area contributed by atoms with Crippen molar-refractivity contribution in [3.05, 3.63) is 57.7 Å². The van der Waals surface area contributed by atoms with Crippen LogP contribution in [0.5, 0.6) is 5.75 Å². The Morgan fingerprint density at radius 2 is 2.00 bits per heavy atom. The molecule has 2 aromatic rings. The SMILES string of the molecule is O=c1ccn(CCOc2ccccc2)c(=S)[nH]1. The summed E-state index contributed by atoms with van der Waals surface area (Å²) in [5.74, 6) is 0.823. The Morgan fingerprint density at radius 1 is 1.24 bits per heavy atom. The van der Waals surface area contributed by atoms with Crippen molar-refractivity contribution >= 4 is 12.2 Å². The lowest BCUT2D eigenvalue weighted by molar-refractivity contribution is 0.296. The van der Waals surface area contributed by atoms with Gasteiger partial charge in [-0.2, -0.15) is 0 Å². The topological polar surface area (TPSA) is 47.0 Å². The predicted molar refractivity (Wildman–Crippen MR) is 67.8 cm³/mol. The van der Waals surface area contributed by atoms with Crippen LogP contribution in [0, 0.1) is 4.77 Å². The van der Waals surface area contributed by atoms with Crippen molar-refractivity contribution in [1.82, 2.24) is 9.55 Å². The summed E-state index contributed by atoms with van der Waals surface area (Å²) in [7, 11) is 0. The second-order valence-corrected chi connectivity index (χ2v) is 3.85. The first-order valence-corrected chi connectivity index (χ1v) is 5.64. The third kappa shape index (κ3) is 3.29. The summed E-state index contributed by atoms with van der Waals surface area (Å²) >= 11 is 5.02. The van der Waals surface area contributed by atoms with Gasteiger partial charge in [-0.05, 0) is 24.4 Å². The molecule has 2 rings (SSSR count). The van der Waals surface area contributed by atoms with Gasteiger partial charge in [0.25, 0.3) is 5.56 Å². The van der Waals surface area contributed by atoms with E-state index < -0.39 is 0 Å². The molecule has 0 unspecified atom stereocenters. The summed E-state index contributed by atoms with van der Waals surface area (Å²) in [4.78, 5) is 13.5. The molecule has 17 heavy (non-hydrogen) atoms. The fourth-order valence-corrected chi connectivity index (χ4v) is 1.65. The molecule has 0 atom stereocenters. The zero-order valence-electron chi connectivity index (χ0n) is 9.13. The summed E-state index contributed by atoms with van der Waals surface area (Å²) in [5.41, 5.74) is -0.185. The van der Waals surface area contributed by atoms with E-state index in [0.717, 1.165) is 5.75 Å². The number of ether oxygens (including phenoxy) is 1. The number of H-pyrrole nitrogens is 1. The van der Waals surface area contributed by atoms with Crippen molar-refractivity contribution in [1.29, 1.82) is 0 Å². The highest BCUT2D eigenvalue weighted by atomic mass is 32.1. The summed E-state index contributed by atoms with van der Waals surface area (Å²) in [5, 5.41) is 0. The van der Waals surface area contributed by atoms with Crippen LogP contribution in [0.25, 0.3) is 0 Å². The van der Waals surface area contributed by atoms with Crippen molar-refractivity contribution in [2.24, 2.45) is 0 Å². The van der Waals surface area contributed by atoms with Gasteiger partial charge in [0.15, 0.2) is 4.77 Å². The van der Waals surface area contributed by atoms with Crippen LogP contribution in [0.3, 0.4) is 0 Å². The number of benzene rings is 1. The molecule has 0 bridgehead atoms. The molecule has 4 nitrogen and oxygen atoms in total. The van der Waals surface area contributed by atoms with E-state index in [2.05, 4.69) is 4.98 Å². The average Bonchev–Trinajstić information content (AvgIpc) is 2.33. The minimum absolute atomic E-state index is 0.185. The Labute approximate surface area is 104 Å². The molecule has 88 valence electrons. The van der Waals surface area contributed by atoms with Crippen LogP contribution in [0.2, 0.25) is 0 Å². The van der Waals surface area contributed by atoms with Crippen molar-refractivity contribution in [2.75, 3.05) is 6.61 Å². The van der Waals surface area contributed by atoms with E-state index in [-0.39, 0.29) is 5.56 Å². The van der Waals surface area contributed by atoms with Crippen LogP contribution in [-0.2, 0) is 6.54 Å². The van der Waals surface area contributed by atoms with E-state index in [1.807, 2.05) is 30.3 Å². The van der Waals surface area contributed by atoms with E-state index in [0.29, 0.717) is 17.9 Å². The summed E-state index contributed by atoms with van der Waals surface area (Å²) < 4.78 is 7.71. The first-order chi connectivity index (χ1) is 8.25. The summed E-state index contributed by atoms with van der Waals surface area (Å²) in [6, 6.07) is 11.0. The van der Waals surface area contributed by atoms with Gasteiger partial charge < -0.3 is 9.30 Å². The van der Waals surface area contributed by atoms with Crippen molar-refractivity contribution in [2.45, 2.75) is 6.54 Å². The second-order valence-electron chi connectivity index (χ2n) is 3.47. The fourth-order valence-electron chi connectivity index (χ4n) is 1.40. The first-order valence-electron chi connectivity index (χ1n) is 5.23. The molecule has 0 aliphatic rings. The lowest BCUT2D eigenvalue weighted by atomic mass is 10.3. The standard InChI is InChI=1S/C12H12N2O2S/c15-11-6-7-14(12(17)13-11)8-9-16-10-4-2-1-3-5-10/h1-7H,8-9H2,(H,13,15,17). The van der Waals surface area contributed by atoms with Crippen LogP contribution in [0.4, 0.5) is 0 Å². The van der Waals surface area contributed by atoms with Gasteiger partial charge in [0, 0.05) is 12.3 Å². The van der Waals surface area contributed by atoms with Gasteiger partial charge in [-0.1, -0.05) is 18.2 Å². The highest BCUT2D eigenvalue weighted by molar-refractivity contribution is 7.71. The molecular formula is C12H12N2O2S. The average molecular weight is 248 g/mol. The van der Waals surface area contributed by atoms with Crippen LogP contribution in [0.1, 0.15) is 0 Å². The number of nitrogens with one attached hydrogen (secondary N) is 1. The molecule has 0 spiro atoms. The summed E-state index contributed by atoms with van der Waals surface area (Å²) in [6.45, 7) is 1.11. The lowest BCUT2D eigenvalue weighted by Crippen LogP contribution is -2.14. The Morgan fingerprint density at radius 3 is 2.71 bits per heavy atom. The molecule has 1 aromatic carbocycles. The Kier molecular flexibility index (Phi) is 3.72. The quantitative estimate of drug-likeness (QED) is 0.842. The molecule has 0 amide bonds. The zero-order chi connectivity index (χ0) is 12.1. The number of aromatic amines is 1. The highest BCUT2D eigenvalue weighted by Gasteiger charge is 1.95. The summed E-state index contributed by atoms with van der Waals surface area (Å²) in [6.07, 6.45) is 1.66. The van der Waals surface area contributed by atoms with Crippen LogP contribution in [-0.4, -0.2) is 16.2 Å². The smallest absolute Gasteiger partial charge is 0.251 e. The van der Waals surface area contributed by atoms with E-state index in [4.69, 9.17) is 17.0 Å². The fraction of sp³-hybridized carbons (Fsp3) is 0.167. The van der Waals surface area contributed by atoms with Gasteiger partial charge >= 0.3 is 0 Å². The van der Waals surface area contributed by atoms with Gasteiger partial charge in [0.2, 0.25) is 0 Å². The maximum atomic E-state index is 11.0. The predicted octanol–water partition coefficient (Wildman–Crippen LogP) is 1.98. The largest absolute Gasteiger partial charge is 0.492 e. The van der Waals surface area contributed by atoms with Crippen molar-refractivity contribution in [3.8, 4) is 5.75 Å². The maximum absolute atomic E-state index is 11.0. The highest BCUT2D eigenvalue weighted by Crippen LogP contribution is 2.07. The molecule has 5 heteroatoms. The Balaban J connectivity index is 1.95. The molecule has 1 heterocycles. The van der Waals surface area contributed by atoms with Crippen molar-refractivity contribution < 1.29 is 4.74 Å². The van der Waals surface area contributed by atoms with Gasteiger partial charge in [0.1, 0.15) is 12.4 Å². The number of rotatable bonds is 4. The van der Waals surface area contributed by atoms with Crippen LogP contribution < -0.4 is 10.3 Å². The van der Waals surface area contributed by atoms with Gasteiger partial charge in [-0.15, -0.1) is 0 Å². The number of aromatic nitrogens is 2. The van der Waals surface area contributed by atoms with E-state index >= 15 is 0 Å². The van der Waals surface area contributed by atoms with E-state index in [1.165, 1.54) is 6.07 Å². The molecule has 1 aromatic heterocycles. The molecular weight excluding hydrogens is 236 g/mol. The maximum Gasteiger partial charge on any atom is 0.251 e. The number of hydrogen-bond donors (Lipinski definition) is 1. The molecule has 0 fully saturated rings. The molecule has 1 N–H and O–H groups in total. The normalized spacial score (nSPS) is 10.1. The van der Waals surface area contributed by atoms with Gasteiger partial charge in [-0.25, -0.2) is 0 Å².